The molecule has 27 heavy (non-hydrogen) atoms. The van der Waals surface area contributed by atoms with Crippen molar-refractivity contribution in [2.75, 3.05) is 20.2 Å². The molecule has 5 nitrogen and oxygen atoms in total. The number of hydrogen-bond donors (Lipinski definition) is 3. The summed E-state index contributed by atoms with van der Waals surface area (Å²) in [5.74, 6) is 0.715. The van der Waals surface area contributed by atoms with Crippen LogP contribution in [-0.2, 0) is 4.79 Å². The first-order valence-electron chi connectivity index (χ1n) is 8.50. The lowest BCUT2D eigenvalue weighted by atomic mass is 10.1. The van der Waals surface area contributed by atoms with E-state index in [-0.39, 0.29) is 11.3 Å². The van der Waals surface area contributed by atoms with E-state index in [2.05, 4.69) is 28.2 Å². The third-order valence-electron chi connectivity index (χ3n) is 3.98. The maximum atomic E-state index is 12.2. The van der Waals surface area contributed by atoms with Crippen molar-refractivity contribution in [1.29, 1.82) is 0 Å². The fourth-order valence-corrected chi connectivity index (χ4v) is 3.82. The van der Waals surface area contributed by atoms with E-state index in [9.17, 15) is 4.79 Å². The first-order valence-corrected chi connectivity index (χ1v) is 9.89. The molecular formula is C20H21N3O2S2. The van der Waals surface area contributed by atoms with Gasteiger partial charge in [-0.25, -0.2) is 0 Å². The van der Waals surface area contributed by atoms with Gasteiger partial charge in [-0.3, -0.25) is 9.78 Å². The molecule has 0 bridgehead atoms. The van der Waals surface area contributed by atoms with E-state index in [1.54, 1.807) is 18.7 Å². The average Bonchev–Trinajstić information content (AvgIpc) is 2.69. The molecule has 1 aromatic carbocycles. The van der Waals surface area contributed by atoms with E-state index in [1.807, 2.05) is 48.6 Å². The van der Waals surface area contributed by atoms with Gasteiger partial charge in [-0.05, 0) is 35.2 Å². The van der Waals surface area contributed by atoms with Crippen molar-refractivity contribution >= 4 is 47.3 Å². The summed E-state index contributed by atoms with van der Waals surface area (Å²) in [7, 11) is 1.64. The number of thiol groups is 1. The monoisotopic (exact) mass is 399 g/mol. The van der Waals surface area contributed by atoms with Crippen LogP contribution in [-0.4, -0.2) is 36.5 Å². The van der Waals surface area contributed by atoms with Gasteiger partial charge in [0.1, 0.15) is 5.75 Å². The molecule has 1 atom stereocenters. The van der Waals surface area contributed by atoms with Gasteiger partial charge in [0.15, 0.2) is 0 Å². The van der Waals surface area contributed by atoms with E-state index >= 15 is 0 Å². The predicted octanol–water partition coefficient (Wildman–Crippen LogP) is 3.36. The van der Waals surface area contributed by atoms with Crippen molar-refractivity contribution < 1.29 is 9.53 Å². The van der Waals surface area contributed by atoms with Gasteiger partial charge in [0.2, 0.25) is 0 Å². The first kappa shape index (κ1) is 19.5. The zero-order chi connectivity index (χ0) is 19.1. The summed E-state index contributed by atoms with van der Waals surface area (Å²) < 4.78 is 5.41. The molecular weight excluding hydrogens is 378 g/mol. The number of pyridine rings is 1. The van der Waals surface area contributed by atoms with Crippen LogP contribution < -0.4 is 15.4 Å². The van der Waals surface area contributed by atoms with Crippen LogP contribution in [0.1, 0.15) is 5.56 Å². The standard InChI is InChI=1S/C20H21N3O2S2/c1-25-17-7-9-21-16-6-5-14(11-15(16)17)12-18-20(24)23-13-19(27-18)22-8-3-2-4-10-26/h2-7,9-12,19,22,26H,8,13H2,1H3,(H,23,24)/b3-2+,10-4-,18-12-. The summed E-state index contributed by atoms with van der Waals surface area (Å²) in [6.07, 6.45) is 9.42. The molecule has 1 aromatic heterocycles. The molecule has 7 heteroatoms. The quantitative estimate of drug-likeness (QED) is 0.395. The summed E-state index contributed by atoms with van der Waals surface area (Å²) in [6, 6.07) is 7.72. The number of carbonyl (C=O) groups excluding carboxylic acids is 1. The number of nitrogens with one attached hydrogen (secondary N) is 2. The van der Waals surface area contributed by atoms with Gasteiger partial charge in [0.25, 0.3) is 5.91 Å². The molecule has 2 aromatic rings. The van der Waals surface area contributed by atoms with Crippen LogP contribution in [0.4, 0.5) is 0 Å². The van der Waals surface area contributed by atoms with Gasteiger partial charge >= 0.3 is 0 Å². The Labute approximate surface area is 168 Å². The molecule has 140 valence electrons. The molecule has 0 aliphatic carbocycles. The Morgan fingerprint density at radius 1 is 1.41 bits per heavy atom. The number of aromatic nitrogens is 1. The Hall–Kier alpha value is -2.22. The average molecular weight is 400 g/mol. The molecule has 1 saturated heterocycles. The minimum absolute atomic E-state index is 0.0511. The molecule has 3 rings (SSSR count). The number of thioether (sulfide) groups is 1. The zero-order valence-corrected chi connectivity index (χ0v) is 16.6. The largest absolute Gasteiger partial charge is 0.496 e. The highest BCUT2D eigenvalue weighted by atomic mass is 32.2. The van der Waals surface area contributed by atoms with Gasteiger partial charge in [-0.15, -0.1) is 0 Å². The molecule has 1 aliphatic rings. The number of ether oxygens (including phenoxy) is 1. The van der Waals surface area contributed by atoms with Crippen LogP contribution in [0.15, 0.2) is 59.0 Å². The van der Waals surface area contributed by atoms with Crippen LogP contribution in [0, 0.1) is 0 Å². The number of allylic oxidation sites excluding steroid dienone is 2. The summed E-state index contributed by atoms with van der Waals surface area (Å²) in [5.41, 5.74) is 1.80. The Bertz CT molecular complexity index is 909. The van der Waals surface area contributed by atoms with Crippen LogP contribution in [0.5, 0.6) is 5.75 Å². The van der Waals surface area contributed by atoms with Crippen LogP contribution in [0.3, 0.4) is 0 Å². The Balaban J connectivity index is 1.76. The number of nitrogens with zero attached hydrogens (tertiary/aromatic N) is 1. The molecule has 1 unspecified atom stereocenters. The van der Waals surface area contributed by atoms with Crippen molar-refractivity contribution in [3.63, 3.8) is 0 Å². The number of carbonyl (C=O) groups is 1. The van der Waals surface area contributed by atoms with Crippen molar-refractivity contribution in [3.8, 4) is 5.75 Å². The minimum atomic E-state index is -0.0511. The number of hydrogen-bond acceptors (Lipinski definition) is 6. The van der Waals surface area contributed by atoms with Crippen LogP contribution >= 0.6 is 24.4 Å². The molecule has 0 saturated carbocycles. The summed E-state index contributed by atoms with van der Waals surface area (Å²) in [6.45, 7) is 1.31. The maximum absolute atomic E-state index is 12.2. The van der Waals surface area contributed by atoms with E-state index in [4.69, 9.17) is 4.74 Å². The molecule has 2 N–H and O–H groups in total. The smallest absolute Gasteiger partial charge is 0.257 e. The minimum Gasteiger partial charge on any atom is -0.496 e. The summed E-state index contributed by atoms with van der Waals surface area (Å²) >= 11 is 5.54. The molecule has 1 aliphatic heterocycles. The lowest BCUT2D eigenvalue weighted by Gasteiger charge is -2.24. The number of benzene rings is 1. The molecule has 0 radical (unpaired) electrons. The second kappa shape index (κ2) is 9.64. The highest BCUT2D eigenvalue weighted by molar-refractivity contribution is 8.04. The molecule has 1 fully saturated rings. The first-order chi connectivity index (χ1) is 13.2. The summed E-state index contributed by atoms with van der Waals surface area (Å²) in [5, 5.41) is 9.06. The van der Waals surface area contributed by atoms with Crippen molar-refractivity contribution in [3.05, 3.63) is 64.6 Å². The second-order valence-electron chi connectivity index (χ2n) is 5.79. The van der Waals surface area contributed by atoms with Gasteiger partial charge in [0, 0.05) is 24.7 Å². The molecule has 0 spiro atoms. The Morgan fingerprint density at radius 2 is 2.30 bits per heavy atom. The van der Waals surface area contributed by atoms with Crippen LogP contribution in [0.25, 0.3) is 17.0 Å². The topological polar surface area (TPSA) is 63.2 Å². The van der Waals surface area contributed by atoms with E-state index in [0.29, 0.717) is 11.4 Å². The van der Waals surface area contributed by atoms with E-state index in [1.165, 1.54) is 11.8 Å². The van der Waals surface area contributed by atoms with Crippen LogP contribution in [0.2, 0.25) is 0 Å². The number of amides is 1. The van der Waals surface area contributed by atoms with Gasteiger partial charge in [0.05, 0.1) is 22.9 Å². The lowest BCUT2D eigenvalue weighted by molar-refractivity contribution is -0.116. The third-order valence-corrected chi connectivity index (χ3v) is 5.33. The fourth-order valence-electron chi connectivity index (χ4n) is 2.69. The number of rotatable bonds is 6. The van der Waals surface area contributed by atoms with E-state index in [0.717, 1.165) is 28.8 Å². The highest BCUT2D eigenvalue weighted by Gasteiger charge is 2.23. The lowest BCUT2D eigenvalue weighted by Crippen LogP contribution is -2.43. The van der Waals surface area contributed by atoms with Gasteiger partial charge < -0.3 is 15.4 Å². The van der Waals surface area contributed by atoms with E-state index < -0.39 is 0 Å². The maximum Gasteiger partial charge on any atom is 0.257 e. The van der Waals surface area contributed by atoms with Gasteiger partial charge in [-0.2, -0.15) is 12.6 Å². The molecule has 2 heterocycles. The second-order valence-corrected chi connectivity index (χ2v) is 7.34. The van der Waals surface area contributed by atoms with Crippen molar-refractivity contribution in [2.45, 2.75) is 5.37 Å². The normalized spacial score (nSPS) is 19.3. The van der Waals surface area contributed by atoms with Crippen molar-refractivity contribution in [1.82, 2.24) is 15.6 Å². The Morgan fingerprint density at radius 3 is 3.11 bits per heavy atom. The number of fused-ring (bicyclic) bond motifs is 1. The predicted molar refractivity (Wildman–Crippen MR) is 116 cm³/mol. The SMILES string of the molecule is COc1ccnc2ccc(/C=C3\SC(NC/C=C/C=C\S)CNC3=O)cc12. The van der Waals surface area contributed by atoms with Crippen molar-refractivity contribution in [2.24, 2.45) is 0 Å². The molecule has 1 amide bonds. The number of methoxy groups -OCH3 is 1. The Kier molecular flexibility index (Phi) is 6.98. The third kappa shape index (κ3) is 5.15. The highest BCUT2D eigenvalue weighted by Crippen LogP contribution is 2.29. The van der Waals surface area contributed by atoms with Gasteiger partial charge in [-0.1, -0.05) is 36.1 Å². The zero-order valence-electron chi connectivity index (χ0n) is 14.9. The summed E-state index contributed by atoms with van der Waals surface area (Å²) in [4.78, 5) is 17.3. The fraction of sp³-hybridized carbons (Fsp3) is 0.200.